The number of nitrogens with zero attached hydrogens (tertiary/aromatic N) is 3. The Morgan fingerprint density at radius 2 is 2.18 bits per heavy atom. The molecule has 0 bridgehead atoms. The summed E-state index contributed by atoms with van der Waals surface area (Å²) in [6, 6.07) is 0. The summed E-state index contributed by atoms with van der Waals surface area (Å²) in [4.78, 5) is 23.3. The molecule has 1 N–H and O–H groups in total. The first-order valence-corrected chi connectivity index (χ1v) is 5.91. The monoisotopic (exact) mass is 249 g/mol. The largest absolute Gasteiger partial charge is 0.478 e. The van der Waals surface area contributed by atoms with Gasteiger partial charge in [-0.25, -0.2) is 19.7 Å². The summed E-state index contributed by atoms with van der Waals surface area (Å²) < 4.78 is 0. The van der Waals surface area contributed by atoms with E-state index in [1.165, 1.54) is 6.20 Å². The second-order valence-electron chi connectivity index (χ2n) is 3.65. The predicted octanol–water partition coefficient (Wildman–Crippen LogP) is 1.84. The van der Waals surface area contributed by atoms with E-state index >= 15 is 0 Å². The number of carboxylic acid groups (broad SMARTS) is 1. The van der Waals surface area contributed by atoms with Crippen LogP contribution in [0.25, 0.3) is 0 Å². The van der Waals surface area contributed by atoms with Gasteiger partial charge in [-0.15, -0.1) is 11.3 Å². The van der Waals surface area contributed by atoms with Gasteiger partial charge < -0.3 is 5.11 Å². The van der Waals surface area contributed by atoms with E-state index in [1.54, 1.807) is 18.3 Å². The maximum absolute atomic E-state index is 10.8. The molecule has 0 unspecified atom stereocenters. The molecule has 0 aliphatic carbocycles. The minimum atomic E-state index is -1.00. The van der Waals surface area contributed by atoms with E-state index in [2.05, 4.69) is 15.0 Å². The molecule has 88 valence electrons. The van der Waals surface area contributed by atoms with E-state index in [9.17, 15) is 4.79 Å². The Bertz CT molecular complexity index is 566. The van der Waals surface area contributed by atoms with Crippen molar-refractivity contribution in [2.75, 3.05) is 0 Å². The van der Waals surface area contributed by atoms with Crippen LogP contribution in [0.5, 0.6) is 0 Å². The zero-order chi connectivity index (χ0) is 12.4. The molecule has 2 rings (SSSR count). The third-order valence-corrected chi connectivity index (χ3v) is 3.20. The Balaban J connectivity index is 2.23. The second-order valence-corrected chi connectivity index (χ2v) is 4.59. The normalized spacial score (nSPS) is 10.5. The first-order valence-electron chi connectivity index (χ1n) is 5.03. The minimum absolute atomic E-state index is 0.143. The molecular formula is C11H11N3O2S. The van der Waals surface area contributed by atoms with Gasteiger partial charge in [0.2, 0.25) is 0 Å². The average molecular weight is 249 g/mol. The summed E-state index contributed by atoms with van der Waals surface area (Å²) in [5.41, 5.74) is 1.60. The molecule has 0 amide bonds. The van der Waals surface area contributed by atoms with Crippen LogP contribution >= 0.6 is 11.3 Å². The van der Waals surface area contributed by atoms with Crippen molar-refractivity contribution in [1.82, 2.24) is 15.0 Å². The number of rotatable bonds is 3. The lowest BCUT2D eigenvalue weighted by atomic mass is 10.2. The molecule has 17 heavy (non-hydrogen) atoms. The smallest absolute Gasteiger partial charge is 0.339 e. The molecule has 0 aliphatic rings. The number of hydrogen-bond acceptors (Lipinski definition) is 5. The van der Waals surface area contributed by atoms with Crippen molar-refractivity contribution in [2.45, 2.75) is 20.3 Å². The van der Waals surface area contributed by atoms with Crippen LogP contribution in [0.1, 0.15) is 32.6 Å². The highest BCUT2D eigenvalue weighted by Gasteiger charge is 2.11. The Labute approximate surface area is 102 Å². The number of aromatic nitrogens is 3. The van der Waals surface area contributed by atoms with E-state index in [1.807, 2.05) is 12.3 Å². The van der Waals surface area contributed by atoms with Gasteiger partial charge in [-0.3, -0.25) is 0 Å². The fourth-order valence-corrected chi connectivity index (χ4v) is 2.20. The Kier molecular flexibility index (Phi) is 3.14. The zero-order valence-corrected chi connectivity index (χ0v) is 10.3. The van der Waals surface area contributed by atoms with Gasteiger partial charge in [0.25, 0.3) is 0 Å². The standard InChI is InChI=1S/C11H11N3O2S/c1-6-5-17-10(13-6)3-9-12-4-8(11(15)16)7(2)14-9/h4-5H,3H2,1-2H3,(H,15,16). The summed E-state index contributed by atoms with van der Waals surface area (Å²) in [5.74, 6) is -0.402. The van der Waals surface area contributed by atoms with Crippen LogP contribution in [-0.4, -0.2) is 26.0 Å². The molecule has 0 saturated carbocycles. The van der Waals surface area contributed by atoms with Crippen molar-refractivity contribution in [2.24, 2.45) is 0 Å². The molecule has 0 aliphatic heterocycles. The Morgan fingerprint density at radius 3 is 2.71 bits per heavy atom. The van der Waals surface area contributed by atoms with Crippen LogP contribution in [0.3, 0.4) is 0 Å². The highest BCUT2D eigenvalue weighted by Crippen LogP contribution is 2.13. The lowest BCUT2D eigenvalue weighted by molar-refractivity contribution is 0.0695. The van der Waals surface area contributed by atoms with Crippen LogP contribution < -0.4 is 0 Å². The molecular weight excluding hydrogens is 238 g/mol. The lowest BCUT2D eigenvalue weighted by Gasteiger charge is -2.01. The van der Waals surface area contributed by atoms with Crippen LogP contribution in [-0.2, 0) is 6.42 Å². The van der Waals surface area contributed by atoms with Crippen molar-refractivity contribution in [3.8, 4) is 0 Å². The van der Waals surface area contributed by atoms with E-state index in [0.29, 0.717) is 17.9 Å². The second kappa shape index (κ2) is 4.58. The van der Waals surface area contributed by atoms with Gasteiger partial charge in [0.1, 0.15) is 10.8 Å². The summed E-state index contributed by atoms with van der Waals surface area (Å²) in [5, 5.41) is 11.8. The Morgan fingerprint density at radius 1 is 1.41 bits per heavy atom. The topological polar surface area (TPSA) is 76.0 Å². The molecule has 2 aromatic rings. The quantitative estimate of drug-likeness (QED) is 0.898. The Hall–Kier alpha value is -1.82. The van der Waals surface area contributed by atoms with E-state index in [-0.39, 0.29) is 5.56 Å². The van der Waals surface area contributed by atoms with Gasteiger partial charge in [0.15, 0.2) is 0 Å². The highest BCUT2D eigenvalue weighted by molar-refractivity contribution is 7.09. The molecule has 0 fully saturated rings. The molecule has 5 nitrogen and oxygen atoms in total. The van der Waals surface area contributed by atoms with Gasteiger partial charge in [-0.2, -0.15) is 0 Å². The summed E-state index contributed by atoms with van der Waals surface area (Å²) >= 11 is 1.55. The van der Waals surface area contributed by atoms with Crippen LogP contribution in [0.4, 0.5) is 0 Å². The number of aryl methyl sites for hydroxylation is 2. The summed E-state index contributed by atoms with van der Waals surface area (Å²) in [7, 11) is 0. The van der Waals surface area contributed by atoms with Gasteiger partial charge in [-0.05, 0) is 13.8 Å². The maximum atomic E-state index is 10.8. The molecule has 2 heterocycles. The van der Waals surface area contributed by atoms with E-state index in [4.69, 9.17) is 5.11 Å². The van der Waals surface area contributed by atoms with Crippen molar-refractivity contribution in [3.63, 3.8) is 0 Å². The van der Waals surface area contributed by atoms with Gasteiger partial charge in [0, 0.05) is 17.3 Å². The van der Waals surface area contributed by atoms with Crippen molar-refractivity contribution in [3.05, 3.63) is 39.4 Å². The van der Waals surface area contributed by atoms with Gasteiger partial charge in [-0.1, -0.05) is 0 Å². The molecule has 0 atom stereocenters. The van der Waals surface area contributed by atoms with Crippen molar-refractivity contribution >= 4 is 17.3 Å². The fourth-order valence-electron chi connectivity index (χ4n) is 1.43. The summed E-state index contributed by atoms with van der Waals surface area (Å²) in [6.07, 6.45) is 1.89. The van der Waals surface area contributed by atoms with Crippen molar-refractivity contribution < 1.29 is 9.90 Å². The predicted molar refractivity (Wildman–Crippen MR) is 63.4 cm³/mol. The molecule has 0 radical (unpaired) electrons. The first-order chi connectivity index (χ1) is 8.06. The number of carboxylic acids is 1. The molecule has 0 aromatic carbocycles. The number of hydrogen-bond donors (Lipinski definition) is 1. The first kappa shape index (κ1) is 11.7. The number of aromatic carboxylic acids is 1. The molecule has 0 spiro atoms. The van der Waals surface area contributed by atoms with E-state index < -0.39 is 5.97 Å². The SMILES string of the molecule is Cc1csc(Cc2ncc(C(=O)O)c(C)n2)n1. The number of carbonyl (C=O) groups is 1. The van der Waals surface area contributed by atoms with E-state index in [0.717, 1.165) is 10.7 Å². The summed E-state index contributed by atoms with van der Waals surface area (Å²) in [6.45, 7) is 3.60. The lowest BCUT2D eigenvalue weighted by Crippen LogP contribution is -2.06. The number of thiazole rings is 1. The maximum Gasteiger partial charge on any atom is 0.339 e. The van der Waals surface area contributed by atoms with Gasteiger partial charge in [0.05, 0.1) is 17.7 Å². The minimum Gasteiger partial charge on any atom is -0.478 e. The molecule has 0 saturated heterocycles. The highest BCUT2D eigenvalue weighted by atomic mass is 32.1. The fraction of sp³-hybridized carbons (Fsp3) is 0.273. The zero-order valence-electron chi connectivity index (χ0n) is 9.47. The van der Waals surface area contributed by atoms with Crippen molar-refractivity contribution in [1.29, 1.82) is 0 Å². The van der Waals surface area contributed by atoms with Crippen LogP contribution in [0.2, 0.25) is 0 Å². The molecule has 6 heteroatoms. The van der Waals surface area contributed by atoms with Crippen LogP contribution in [0.15, 0.2) is 11.6 Å². The van der Waals surface area contributed by atoms with Crippen LogP contribution in [0, 0.1) is 13.8 Å². The third-order valence-electron chi connectivity index (χ3n) is 2.24. The third kappa shape index (κ3) is 2.65. The van der Waals surface area contributed by atoms with Gasteiger partial charge >= 0.3 is 5.97 Å². The molecule has 2 aromatic heterocycles. The average Bonchev–Trinajstić information content (AvgIpc) is 2.63.